The van der Waals surface area contributed by atoms with E-state index in [-0.39, 0.29) is 11.8 Å². The molecule has 1 heterocycles. The van der Waals surface area contributed by atoms with Crippen molar-refractivity contribution in [2.24, 2.45) is 5.92 Å². The Labute approximate surface area is 136 Å². The Morgan fingerprint density at radius 1 is 1.32 bits per heavy atom. The first-order chi connectivity index (χ1) is 10.6. The van der Waals surface area contributed by atoms with Gasteiger partial charge in [0, 0.05) is 30.1 Å². The van der Waals surface area contributed by atoms with Crippen LogP contribution in [0.4, 0.5) is 0 Å². The van der Waals surface area contributed by atoms with E-state index in [1.165, 1.54) is 0 Å². The van der Waals surface area contributed by atoms with Crippen molar-refractivity contribution in [3.05, 3.63) is 40.9 Å². The van der Waals surface area contributed by atoms with Gasteiger partial charge >= 0.3 is 0 Å². The van der Waals surface area contributed by atoms with Gasteiger partial charge in [-0.3, -0.25) is 4.79 Å². The Balaban J connectivity index is 1.65. The highest BCUT2D eigenvalue weighted by atomic mass is 35.5. The van der Waals surface area contributed by atoms with Crippen molar-refractivity contribution < 1.29 is 9.90 Å². The molecule has 1 aliphatic carbocycles. The molecule has 3 nitrogen and oxygen atoms in total. The largest absolute Gasteiger partial charge is 0.389 e. The van der Waals surface area contributed by atoms with E-state index in [1.807, 2.05) is 29.2 Å². The predicted molar refractivity (Wildman–Crippen MR) is 88.6 cm³/mol. The normalized spacial score (nSPS) is 28.6. The van der Waals surface area contributed by atoms with E-state index in [4.69, 9.17) is 11.6 Å². The van der Waals surface area contributed by atoms with Gasteiger partial charge in [0.25, 0.3) is 0 Å². The monoisotopic (exact) mass is 319 g/mol. The summed E-state index contributed by atoms with van der Waals surface area (Å²) < 4.78 is 0. The predicted octanol–water partition coefficient (Wildman–Crippen LogP) is 3.51. The molecular formula is C18H22ClNO2. The van der Waals surface area contributed by atoms with Gasteiger partial charge in [-0.1, -0.05) is 42.6 Å². The number of hydrogen-bond donors (Lipinski definition) is 1. The molecule has 0 spiro atoms. The molecule has 4 heteroatoms. The Hall–Kier alpha value is -1.32. The lowest BCUT2D eigenvalue weighted by atomic mass is 9.71. The van der Waals surface area contributed by atoms with Crippen LogP contribution in [0.5, 0.6) is 0 Å². The van der Waals surface area contributed by atoms with Crippen LogP contribution in [-0.2, 0) is 4.79 Å². The summed E-state index contributed by atoms with van der Waals surface area (Å²) in [4.78, 5) is 14.2. The van der Waals surface area contributed by atoms with Gasteiger partial charge in [-0.15, -0.1) is 0 Å². The summed E-state index contributed by atoms with van der Waals surface area (Å²) in [6, 6.07) is 7.48. The third-order valence-corrected chi connectivity index (χ3v) is 5.39. The van der Waals surface area contributed by atoms with E-state index in [0.717, 1.165) is 31.2 Å². The fraction of sp³-hybridized carbons (Fsp3) is 0.500. The molecule has 0 unspecified atom stereocenters. The number of carbonyl (C=O) groups excluding carboxylic acids is 1. The molecule has 0 radical (unpaired) electrons. The summed E-state index contributed by atoms with van der Waals surface area (Å²) in [6.45, 7) is 1.31. The summed E-state index contributed by atoms with van der Waals surface area (Å²) in [5.41, 5.74) is 0.310. The van der Waals surface area contributed by atoms with Crippen LogP contribution in [-0.4, -0.2) is 34.6 Å². The highest BCUT2D eigenvalue weighted by molar-refractivity contribution is 6.32. The minimum atomic E-state index is -0.540. The van der Waals surface area contributed by atoms with Crippen molar-refractivity contribution in [2.45, 2.75) is 37.7 Å². The summed E-state index contributed by atoms with van der Waals surface area (Å²) in [6.07, 6.45) is 8.23. The number of hydrogen-bond acceptors (Lipinski definition) is 2. The number of amides is 1. The highest BCUT2D eigenvalue weighted by Gasteiger charge is 2.43. The number of aliphatic hydroxyl groups is 1. The zero-order valence-electron chi connectivity index (χ0n) is 12.7. The lowest BCUT2D eigenvalue weighted by Gasteiger charge is -2.47. The summed E-state index contributed by atoms with van der Waals surface area (Å²) in [5, 5.41) is 11.3. The van der Waals surface area contributed by atoms with E-state index < -0.39 is 5.60 Å². The summed E-state index contributed by atoms with van der Waals surface area (Å²) in [7, 11) is 0. The number of nitrogens with zero attached hydrogens (tertiary/aromatic N) is 1. The highest BCUT2D eigenvalue weighted by Crippen LogP contribution is 2.39. The average Bonchev–Trinajstić information content (AvgIpc) is 2.53. The molecular weight excluding hydrogens is 298 g/mol. The van der Waals surface area contributed by atoms with Gasteiger partial charge in [-0.25, -0.2) is 0 Å². The number of halogens is 1. The van der Waals surface area contributed by atoms with Crippen LogP contribution in [0, 0.1) is 5.92 Å². The van der Waals surface area contributed by atoms with E-state index in [0.29, 0.717) is 24.5 Å². The molecule has 2 atom stereocenters. The number of likely N-dealkylation sites (tertiary alicyclic amines) is 1. The fourth-order valence-corrected chi connectivity index (χ4v) is 3.85. The van der Waals surface area contributed by atoms with Crippen molar-refractivity contribution >= 4 is 23.6 Å². The molecule has 1 aliphatic heterocycles. The number of benzene rings is 1. The number of carbonyl (C=O) groups is 1. The molecule has 22 heavy (non-hydrogen) atoms. The average molecular weight is 320 g/mol. The van der Waals surface area contributed by atoms with Crippen LogP contribution in [0.3, 0.4) is 0 Å². The summed E-state index contributed by atoms with van der Waals surface area (Å²) in [5.74, 6) is 0.236. The van der Waals surface area contributed by atoms with E-state index in [2.05, 4.69) is 0 Å². The van der Waals surface area contributed by atoms with Gasteiger partial charge in [0.15, 0.2) is 0 Å². The lowest BCUT2D eigenvalue weighted by Crippen LogP contribution is -2.54. The van der Waals surface area contributed by atoms with Gasteiger partial charge in [0.2, 0.25) is 5.91 Å². The van der Waals surface area contributed by atoms with Gasteiger partial charge < -0.3 is 10.0 Å². The van der Waals surface area contributed by atoms with Crippen molar-refractivity contribution in [2.75, 3.05) is 13.1 Å². The van der Waals surface area contributed by atoms with E-state index >= 15 is 0 Å². The van der Waals surface area contributed by atoms with Crippen molar-refractivity contribution in [1.82, 2.24) is 4.90 Å². The Morgan fingerprint density at radius 3 is 2.95 bits per heavy atom. The maximum absolute atomic E-state index is 12.4. The number of fused-ring (bicyclic) bond motifs is 1. The SMILES string of the molecule is O=C(C=Cc1ccccc1Cl)N1CC[C@@]2(O)CCCC[C@H]2C1. The molecule has 2 aliphatic rings. The first kappa shape index (κ1) is 15.6. The second-order valence-corrected chi connectivity index (χ2v) is 6.84. The molecule has 0 bridgehead atoms. The van der Waals surface area contributed by atoms with E-state index in [1.54, 1.807) is 12.2 Å². The minimum Gasteiger partial charge on any atom is -0.389 e. The molecule has 118 valence electrons. The molecule has 1 aromatic rings. The molecule has 1 aromatic carbocycles. The molecule has 3 rings (SSSR count). The molecule has 1 amide bonds. The smallest absolute Gasteiger partial charge is 0.246 e. The van der Waals surface area contributed by atoms with Crippen LogP contribution >= 0.6 is 11.6 Å². The number of piperidine rings is 1. The van der Waals surface area contributed by atoms with Crippen molar-refractivity contribution in [1.29, 1.82) is 0 Å². The second-order valence-electron chi connectivity index (χ2n) is 6.44. The Bertz CT molecular complexity index is 586. The first-order valence-electron chi connectivity index (χ1n) is 8.02. The zero-order valence-corrected chi connectivity index (χ0v) is 13.4. The minimum absolute atomic E-state index is 0.00698. The molecule has 1 saturated carbocycles. The fourth-order valence-electron chi connectivity index (χ4n) is 3.65. The lowest BCUT2D eigenvalue weighted by molar-refractivity contribution is -0.138. The third-order valence-electron chi connectivity index (χ3n) is 5.05. The first-order valence-corrected chi connectivity index (χ1v) is 8.40. The Kier molecular flexibility index (Phi) is 4.55. The quantitative estimate of drug-likeness (QED) is 0.847. The Morgan fingerprint density at radius 2 is 2.14 bits per heavy atom. The van der Waals surface area contributed by atoms with Crippen LogP contribution in [0.25, 0.3) is 6.08 Å². The van der Waals surface area contributed by atoms with E-state index in [9.17, 15) is 9.90 Å². The number of rotatable bonds is 2. The topological polar surface area (TPSA) is 40.5 Å². The zero-order chi connectivity index (χ0) is 15.6. The van der Waals surface area contributed by atoms with Crippen LogP contribution < -0.4 is 0 Å². The van der Waals surface area contributed by atoms with Crippen molar-refractivity contribution in [3.8, 4) is 0 Å². The third kappa shape index (κ3) is 3.21. The van der Waals surface area contributed by atoms with Crippen LogP contribution in [0.15, 0.2) is 30.3 Å². The van der Waals surface area contributed by atoms with Crippen LogP contribution in [0.2, 0.25) is 5.02 Å². The van der Waals surface area contributed by atoms with Gasteiger partial charge in [-0.2, -0.15) is 0 Å². The van der Waals surface area contributed by atoms with Crippen molar-refractivity contribution in [3.63, 3.8) is 0 Å². The molecule has 1 N–H and O–H groups in total. The maximum Gasteiger partial charge on any atom is 0.246 e. The molecule has 2 fully saturated rings. The maximum atomic E-state index is 12.4. The molecule has 0 aromatic heterocycles. The van der Waals surface area contributed by atoms with Gasteiger partial charge in [0.1, 0.15) is 0 Å². The van der Waals surface area contributed by atoms with Gasteiger partial charge in [0.05, 0.1) is 5.60 Å². The molecule has 1 saturated heterocycles. The summed E-state index contributed by atoms with van der Waals surface area (Å²) >= 11 is 6.09. The van der Waals surface area contributed by atoms with Crippen LogP contribution in [0.1, 0.15) is 37.7 Å². The standard InChI is InChI=1S/C18H22ClNO2/c19-16-7-2-1-5-14(16)8-9-17(21)20-12-11-18(22)10-4-3-6-15(18)13-20/h1-2,5,7-9,15,22H,3-4,6,10-13H2/t15-,18-/m0/s1. The van der Waals surface area contributed by atoms with Gasteiger partial charge in [-0.05, 0) is 37.0 Å². The second kappa shape index (κ2) is 6.43.